The van der Waals surface area contributed by atoms with Gasteiger partial charge in [-0.05, 0) is 36.2 Å². The van der Waals surface area contributed by atoms with E-state index in [9.17, 15) is 13.2 Å². The molecule has 28 heavy (non-hydrogen) atoms. The number of halogens is 3. The smallest absolute Gasteiger partial charge is 0.416 e. The van der Waals surface area contributed by atoms with Crippen molar-refractivity contribution in [3.8, 4) is 11.5 Å². The van der Waals surface area contributed by atoms with Gasteiger partial charge in [0.05, 0.1) is 25.3 Å². The maximum absolute atomic E-state index is 13.7. The molecule has 0 saturated carbocycles. The number of nitrogens with zero attached hydrogens (tertiary/aromatic N) is 1. The zero-order valence-electron chi connectivity index (χ0n) is 16.1. The summed E-state index contributed by atoms with van der Waals surface area (Å²) in [6.07, 6.45) is -4.42. The second kappa shape index (κ2) is 8.84. The molecule has 1 heterocycles. The molecule has 0 bridgehead atoms. The zero-order chi connectivity index (χ0) is 20.1. The van der Waals surface area contributed by atoms with Gasteiger partial charge in [-0.2, -0.15) is 13.2 Å². The van der Waals surface area contributed by atoms with Gasteiger partial charge in [0.25, 0.3) is 0 Å². The Morgan fingerprint density at radius 1 is 1.07 bits per heavy atom. The van der Waals surface area contributed by atoms with Crippen LogP contribution < -0.4 is 14.8 Å². The molecule has 1 unspecified atom stereocenters. The summed E-state index contributed by atoms with van der Waals surface area (Å²) in [5, 5.41) is 3.26. The summed E-state index contributed by atoms with van der Waals surface area (Å²) in [6, 6.07) is 10.7. The number of alkyl halides is 3. The van der Waals surface area contributed by atoms with E-state index in [0.29, 0.717) is 31.2 Å². The first-order chi connectivity index (χ1) is 13.5. The van der Waals surface area contributed by atoms with Crippen molar-refractivity contribution in [3.63, 3.8) is 0 Å². The van der Waals surface area contributed by atoms with Crippen molar-refractivity contribution in [2.24, 2.45) is 0 Å². The number of ether oxygens (including phenoxy) is 2. The molecule has 0 amide bonds. The minimum Gasteiger partial charge on any atom is -0.493 e. The van der Waals surface area contributed by atoms with E-state index in [0.717, 1.165) is 24.7 Å². The van der Waals surface area contributed by atoms with Gasteiger partial charge in [-0.1, -0.05) is 24.3 Å². The lowest BCUT2D eigenvalue weighted by atomic mass is 9.92. The highest BCUT2D eigenvalue weighted by atomic mass is 19.4. The van der Waals surface area contributed by atoms with Crippen LogP contribution in [-0.4, -0.2) is 44.8 Å². The topological polar surface area (TPSA) is 33.7 Å². The van der Waals surface area contributed by atoms with Gasteiger partial charge in [0.1, 0.15) is 0 Å². The summed E-state index contributed by atoms with van der Waals surface area (Å²) in [6.45, 7) is 5.09. The molecule has 0 aromatic heterocycles. The van der Waals surface area contributed by atoms with Crippen LogP contribution in [0.1, 0.15) is 29.7 Å². The molecule has 0 aliphatic carbocycles. The Morgan fingerprint density at radius 3 is 2.43 bits per heavy atom. The molecule has 152 valence electrons. The first-order valence-electron chi connectivity index (χ1n) is 9.37. The number of hydrogen-bond donors (Lipinski definition) is 1. The summed E-state index contributed by atoms with van der Waals surface area (Å²) in [7, 11) is 1.55. The first-order valence-corrected chi connectivity index (χ1v) is 9.37. The molecule has 2 aromatic carbocycles. The van der Waals surface area contributed by atoms with E-state index in [1.807, 2.05) is 13.0 Å². The first kappa shape index (κ1) is 20.5. The van der Waals surface area contributed by atoms with E-state index in [4.69, 9.17) is 9.47 Å². The van der Waals surface area contributed by atoms with Gasteiger partial charge < -0.3 is 14.8 Å². The number of piperazine rings is 1. The van der Waals surface area contributed by atoms with Crippen molar-refractivity contribution < 1.29 is 22.6 Å². The van der Waals surface area contributed by atoms with Crippen LogP contribution in [-0.2, 0) is 6.18 Å². The normalized spacial score (nSPS) is 16.6. The van der Waals surface area contributed by atoms with Crippen LogP contribution in [0.2, 0.25) is 0 Å². The molecule has 1 fully saturated rings. The van der Waals surface area contributed by atoms with Gasteiger partial charge in [-0.25, -0.2) is 0 Å². The molecule has 1 saturated heterocycles. The predicted molar refractivity (Wildman–Crippen MR) is 102 cm³/mol. The van der Waals surface area contributed by atoms with Gasteiger partial charge >= 0.3 is 6.18 Å². The number of rotatable bonds is 6. The standard InChI is InChI=1S/C21H25F3N2O2/c1-3-28-19-14-15(8-9-18(19)27-2)20(26-12-10-25-11-13-26)16-6-4-5-7-17(16)21(22,23)24/h4-9,14,20,25H,3,10-13H2,1-2H3. The van der Waals surface area contributed by atoms with E-state index in [2.05, 4.69) is 10.2 Å². The molecule has 3 rings (SSSR count). The van der Waals surface area contributed by atoms with Crippen LogP contribution in [0.5, 0.6) is 11.5 Å². The van der Waals surface area contributed by atoms with Crippen molar-refractivity contribution >= 4 is 0 Å². The Morgan fingerprint density at radius 2 is 1.79 bits per heavy atom. The molecular weight excluding hydrogens is 369 g/mol. The average Bonchev–Trinajstić information content (AvgIpc) is 2.69. The third-order valence-electron chi connectivity index (χ3n) is 4.88. The van der Waals surface area contributed by atoms with Crippen molar-refractivity contribution in [1.82, 2.24) is 10.2 Å². The van der Waals surface area contributed by atoms with Gasteiger partial charge in [0, 0.05) is 26.2 Å². The molecule has 4 nitrogen and oxygen atoms in total. The highest BCUT2D eigenvalue weighted by Crippen LogP contribution is 2.41. The highest BCUT2D eigenvalue weighted by molar-refractivity contribution is 5.47. The SMILES string of the molecule is CCOc1cc(C(c2ccccc2C(F)(F)F)N2CCNCC2)ccc1OC. The van der Waals surface area contributed by atoms with E-state index < -0.39 is 17.8 Å². The second-order valence-electron chi connectivity index (χ2n) is 6.62. The lowest BCUT2D eigenvalue weighted by molar-refractivity contribution is -0.138. The van der Waals surface area contributed by atoms with E-state index in [1.54, 1.807) is 31.4 Å². The molecule has 1 N–H and O–H groups in total. The maximum Gasteiger partial charge on any atom is 0.416 e. The van der Waals surface area contributed by atoms with Crippen LogP contribution in [0.25, 0.3) is 0 Å². The predicted octanol–water partition coefficient (Wildman–Crippen LogP) is 4.11. The number of benzene rings is 2. The molecule has 1 aliphatic rings. The molecule has 2 aromatic rings. The minimum absolute atomic E-state index is 0.254. The quantitative estimate of drug-likeness (QED) is 0.800. The van der Waals surface area contributed by atoms with Gasteiger partial charge in [0.2, 0.25) is 0 Å². The molecule has 1 aliphatic heterocycles. The van der Waals surface area contributed by atoms with Crippen LogP contribution in [0.3, 0.4) is 0 Å². The van der Waals surface area contributed by atoms with Crippen LogP contribution in [0.15, 0.2) is 42.5 Å². The number of hydrogen-bond acceptors (Lipinski definition) is 4. The summed E-state index contributed by atoms with van der Waals surface area (Å²) in [4.78, 5) is 2.08. The van der Waals surface area contributed by atoms with E-state index >= 15 is 0 Å². The van der Waals surface area contributed by atoms with E-state index in [1.165, 1.54) is 6.07 Å². The largest absolute Gasteiger partial charge is 0.493 e. The van der Waals surface area contributed by atoms with Crippen LogP contribution in [0, 0.1) is 0 Å². The second-order valence-corrected chi connectivity index (χ2v) is 6.62. The fraction of sp³-hybridized carbons (Fsp3) is 0.429. The van der Waals surface area contributed by atoms with Gasteiger partial charge in [0.15, 0.2) is 11.5 Å². The van der Waals surface area contributed by atoms with Crippen LogP contribution in [0.4, 0.5) is 13.2 Å². The molecule has 1 atom stereocenters. The lowest BCUT2D eigenvalue weighted by Crippen LogP contribution is -2.45. The van der Waals surface area contributed by atoms with Crippen LogP contribution >= 0.6 is 0 Å². The van der Waals surface area contributed by atoms with Gasteiger partial charge in [-0.3, -0.25) is 4.90 Å². The highest BCUT2D eigenvalue weighted by Gasteiger charge is 2.37. The molecular formula is C21H25F3N2O2. The molecule has 7 heteroatoms. The molecule has 0 radical (unpaired) electrons. The zero-order valence-corrected chi connectivity index (χ0v) is 16.1. The summed E-state index contributed by atoms with van der Waals surface area (Å²) >= 11 is 0. The third kappa shape index (κ3) is 4.42. The Hall–Kier alpha value is -2.25. The minimum atomic E-state index is -4.42. The average molecular weight is 394 g/mol. The Labute approximate surface area is 163 Å². The monoisotopic (exact) mass is 394 g/mol. The Balaban J connectivity index is 2.13. The number of methoxy groups -OCH3 is 1. The van der Waals surface area contributed by atoms with Crippen molar-refractivity contribution in [1.29, 1.82) is 0 Å². The summed E-state index contributed by atoms with van der Waals surface area (Å²) in [5.74, 6) is 1.10. The van der Waals surface area contributed by atoms with Crippen molar-refractivity contribution in [3.05, 3.63) is 59.2 Å². The summed E-state index contributed by atoms with van der Waals surface area (Å²) in [5.41, 5.74) is 0.402. The van der Waals surface area contributed by atoms with Crippen molar-refractivity contribution in [2.45, 2.75) is 19.1 Å². The van der Waals surface area contributed by atoms with E-state index in [-0.39, 0.29) is 5.56 Å². The van der Waals surface area contributed by atoms with Gasteiger partial charge in [-0.15, -0.1) is 0 Å². The number of nitrogens with one attached hydrogen (secondary N) is 1. The fourth-order valence-corrected chi connectivity index (χ4v) is 3.65. The Bertz CT molecular complexity index is 789. The van der Waals surface area contributed by atoms with Crippen molar-refractivity contribution in [2.75, 3.05) is 39.9 Å². The molecule has 0 spiro atoms. The Kier molecular flexibility index (Phi) is 6.46. The lowest BCUT2D eigenvalue weighted by Gasteiger charge is -2.36. The third-order valence-corrected chi connectivity index (χ3v) is 4.88. The maximum atomic E-state index is 13.7. The fourth-order valence-electron chi connectivity index (χ4n) is 3.65. The summed E-state index contributed by atoms with van der Waals surface area (Å²) < 4.78 is 52.2.